The van der Waals surface area contributed by atoms with Crippen molar-refractivity contribution >= 4 is 46.3 Å². The zero-order valence-electron chi connectivity index (χ0n) is 17.4. The third-order valence-corrected chi connectivity index (χ3v) is 6.83. The lowest BCUT2D eigenvalue weighted by atomic mass is 10.1. The lowest BCUT2D eigenvalue weighted by Crippen LogP contribution is -2.19. The molecule has 0 spiro atoms. The molecule has 4 rings (SSSR count). The summed E-state index contributed by atoms with van der Waals surface area (Å²) in [6, 6.07) is 28.7. The Morgan fingerprint density at radius 2 is 1.56 bits per heavy atom. The fourth-order valence-electron chi connectivity index (χ4n) is 3.22. The number of carbonyl (C=O) groups excluding carboxylic acids is 2. The Bertz CT molecular complexity index is 1210. The Morgan fingerprint density at radius 1 is 0.812 bits per heavy atom. The van der Waals surface area contributed by atoms with Crippen LogP contribution in [-0.4, -0.2) is 11.8 Å². The third-order valence-electron chi connectivity index (χ3n) is 4.72. The average molecular weight is 459 g/mol. The highest BCUT2D eigenvalue weighted by Gasteiger charge is 2.22. The highest BCUT2D eigenvalue weighted by molar-refractivity contribution is 8.00. The van der Waals surface area contributed by atoms with Crippen LogP contribution >= 0.6 is 23.1 Å². The van der Waals surface area contributed by atoms with Crippen LogP contribution in [-0.2, 0) is 4.79 Å². The van der Waals surface area contributed by atoms with Crippen molar-refractivity contribution in [2.45, 2.75) is 17.1 Å². The number of rotatable bonds is 7. The first-order valence-corrected chi connectivity index (χ1v) is 11.9. The number of thioether (sulfide) groups is 1. The van der Waals surface area contributed by atoms with Crippen LogP contribution < -0.4 is 10.6 Å². The summed E-state index contributed by atoms with van der Waals surface area (Å²) in [5, 5.41) is 7.40. The molecule has 3 aromatic carbocycles. The second kappa shape index (κ2) is 10.3. The van der Waals surface area contributed by atoms with Crippen LogP contribution in [0, 0.1) is 6.92 Å². The van der Waals surface area contributed by atoms with Crippen molar-refractivity contribution in [1.29, 1.82) is 0 Å². The van der Waals surface area contributed by atoms with Gasteiger partial charge in [-0.3, -0.25) is 9.59 Å². The molecule has 0 aliphatic heterocycles. The van der Waals surface area contributed by atoms with Crippen molar-refractivity contribution in [2.24, 2.45) is 0 Å². The maximum atomic E-state index is 13.2. The lowest BCUT2D eigenvalue weighted by molar-refractivity contribution is -0.115. The Kier molecular flexibility index (Phi) is 7.04. The molecule has 2 amide bonds. The Morgan fingerprint density at radius 3 is 2.28 bits per heavy atom. The van der Waals surface area contributed by atoms with Gasteiger partial charge in [-0.25, -0.2) is 0 Å². The van der Waals surface area contributed by atoms with Gasteiger partial charge in [0.2, 0.25) is 5.91 Å². The quantitative estimate of drug-likeness (QED) is 0.300. The molecule has 160 valence electrons. The first kappa shape index (κ1) is 21.9. The van der Waals surface area contributed by atoms with Crippen LogP contribution in [0.25, 0.3) is 0 Å². The van der Waals surface area contributed by atoms with Crippen LogP contribution in [0.4, 0.5) is 11.4 Å². The van der Waals surface area contributed by atoms with E-state index in [1.807, 2.05) is 97.2 Å². The molecule has 0 fully saturated rings. The highest BCUT2D eigenvalue weighted by Crippen LogP contribution is 2.37. The first-order chi connectivity index (χ1) is 15.6. The summed E-state index contributed by atoms with van der Waals surface area (Å²) in [5.41, 5.74) is 3.46. The number of benzene rings is 3. The predicted octanol–water partition coefficient (Wildman–Crippen LogP) is 6.78. The Labute approximate surface area is 195 Å². The topological polar surface area (TPSA) is 58.2 Å². The van der Waals surface area contributed by atoms with E-state index < -0.39 is 5.25 Å². The minimum Gasteiger partial charge on any atom is -0.325 e. The van der Waals surface area contributed by atoms with E-state index in [9.17, 15) is 9.59 Å². The van der Waals surface area contributed by atoms with Gasteiger partial charge in [-0.2, -0.15) is 0 Å². The van der Waals surface area contributed by atoms with Gasteiger partial charge in [0.1, 0.15) is 5.25 Å². The zero-order chi connectivity index (χ0) is 22.3. The van der Waals surface area contributed by atoms with Gasteiger partial charge in [-0.05, 0) is 59.8 Å². The van der Waals surface area contributed by atoms with Gasteiger partial charge < -0.3 is 10.6 Å². The van der Waals surface area contributed by atoms with Crippen molar-refractivity contribution in [1.82, 2.24) is 0 Å². The second-order valence-corrected chi connectivity index (χ2v) is 9.35. The van der Waals surface area contributed by atoms with E-state index in [2.05, 4.69) is 10.6 Å². The molecule has 6 heteroatoms. The second-order valence-electron chi connectivity index (χ2n) is 7.23. The monoisotopic (exact) mass is 458 g/mol. The SMILES string of the molecule is Cc1cccc(NC(=O)C(Sc2cccc(NC(=O)c3cccs3)c2)c2ccccc2)c1. The van der Waals surface area contributed by atoms with E-state index in [-0.39, 0.29) is 11.8 Å². The molecule has 4 aromatic rings. The molecule has 1 heterocycles. The maximum absolute atomic E-state index is 13.2. The van der Waals surface area contributed by atoms with Gasteiger partial charge in [0.05, 0.1) is 4.88 Å². The molecule has 0 aliphatic rings. The van der Waals surface area contributed by atoms with Crippen molar-refractivity contribution in [3.8, 4) is 0 Å². The van der Waals surface area contributed by atoms with E-state index in [0.717, 1.165) is 21.7 Å². The predicted molar refractivity (Wildman–Crippen MR) is 134 cm³/mol. The van der Waals surface area contributed by atoms with E-state index in [0.29, 0.717) is 10.6 Å². The normalized spacial score (nSPS) is 11.5. The summed E-state index contributed by atoms with van der Waals surface area (Å²) in [6.45, 7) is 2.00. The summed E-state index contributed by atoms with van der Waals surface area (Å²) in [4.78, 5) is 27.2. The number of amides is 2. The van der Waals surface area contributed by atoms with Gasteiger partial charge in [0, 0.05) is 16.3 Å². The number of hydrogen-bond acceptors (Lipinski definition) is 4. The van der Waals surface area contributed by atoms with Gasteiger partial charge in [-0.15, -0.1) is 23.1 Å². The molecule has 0 saturated heterocycles. The van der Waals surface area contributed by atoms with Crippen LogP contribution in [0.3, 0.4) is 0 Å². The molecule has 1 atom stereocenters. The Balaban J connectivity index is 1.55. The van der Waals surface area contributed by atoms with Gasteiger partial charge in [0.15, 0.2) is 0 Å². The molecule has 32 heavy (non-hydrogen) atoms. The summed E-state index contributed by atoms with van der Waals surface area (Å²) < 4.78 is 0. The molecule has 1 aromatic heterocycles. The number of aryl methyl sites for hydroxylation is 1. The standard InChI is InChI=1S/C26H22N2O2S2/c1-18-8-5-11-20(16-18)28-26(30)24(19-9-3-2-4-10-19)32-22-13-6-12-21(17-22)27-25(29)23-14-7-15-31-23/h2-17,24H,1H3,(H,27,29)(H,28,30). The summed E-state index contributed by atoms with van der Waals surface area (Å²) in [7, 11) is 0. The largest absolute Gasteiger partial charge is 0.325 e. The summed E-state index contributed by atoms with van der Waals surface area (Å²) >= 11 is 2.85. The molecule has 2 N–H and O–H groups in total. The number of carbonyl (C=O) groups is 2. The third kappa shape index (κ3) is 5.66. The van der Waals surface area contributed by atoms with Gasteiger partial charge in [-0.1, -0.05) is 54.6 Å². The molecule has 0 radical (unpaired) electrons. The molecule has 4 nitrogen and oxygen atoms in total. The van der Waals surface area contributed by atoms with E-state index in [1.54, 1.807) is 6.07 Å². The molecule has 0 aliphatic carbocycles. The van der Waals surface area contributed by atoms with Gasteiger partial charge >= 0.3 is 0 Å². The average Bonchev–Trinajstić information content (AvgIpc) is 3.34. The van der Waals surface area contributed by atoms with E-state index >= 15 is 0 Å². The number of anilines is 2. The molecular formula is C26H22N2O2S2. The molecule has 0 bridgehead atoms. The minimum absolute atomic E-state index is 0.0974. The summed E-state index contributed by atoms with van der Waals surface area (Å²) in [5.74, 6) is -0.237. The first-order valence-electron chi connectivity index (χ1n) is 10.1. The molecule has 1 unspecified atom stereocenters. The Hall–Kier alpha value is -3.35. The highest BCUT2D eigenvalue weighted by atomic mass is 32.2. The van der Waals surface area contributed by atoms with E-state index in [1.165, 1.54) is 23.1 Å². The summed E-state index contributed by atoms with van der Waals surface area (Å²) in [6.07, 6.45) is 0. The van der Waals surface area contributed by atoms with E-state index in [4.69, 9.17) is 0 Å². The number of thiophene rings is 1. The maximum Gasteiger partial charge on any atom is 0.265 e. The minimum atomic E-state index is -0.444. The van der Waals surface area contributed by atoms with Crippen LogP contribution in [0.5, 0.6) is 0 Å². The smallest absolute Gasteiger partial charge is 0.265 e. The molecular weight excluding hydrogens is 436 g/mol. The number of nitrogens with one attached hydrogen (secondary N) is 2. The lowest BCUT2D eigenvalue weighted by Gasteiger charge is -2.18. The number of hydrogen-bond donors (Lipinski definition) is 2. The van der Waals surface area contributed by atoms with Crippen LogP contribution in [0.2, 0.25) is 0 Å². The fourth-order valence-corrected chi connectivity index (χ4v) is 4.92. The van der Waals surface area contributed by atoms with Crippen molar-refractivity contribution < 1.29 is 9.59 Å². The molecule has 0 saturated carbocycles. The van der Waals surface area contributed by atoms with Crippen molar-refractivity contribution in [3.63, 3.8) is 0 Å². The van der Waals surface area contributed by atoms with Crippen LogP contribution in [0.1, 0.15) is 26.0 Å². The zero-order valence-corrected chi connectivity index (χ0v) is 19.1. The van der Waals surface area contributed by atoms with Crippen LogP contribution in [0.15, 0.2) is 101 Å². The van der Waals surface area contributed by atoms with Crippen molar-refractivity contribution in [2.75, 3.05) is 10.6 Å². The van der Waals surface area contributed by atoms with Crippen molar-refractivity contribution in [3.05, 3.63) is 112 Å². The fraction of sp³-hybridized carbons (Fsp3) is 0.0769. The van der Waals surface area contributed by atoms with Gasteiger partial charge in [0.25, 0.3) is 5.91 Å².